The van der Waals surface area contributed by atoms with Crippen molar-refractivity contribution >= 4 is 14.6 Å². The van der Waals surface area contributed by atoms with Crippen LogP contribution in [0.1, 0.15) is 85.0 Å². The molecule has 3 N–H and O–H groups in total. The fraction of sp³-hybridized carbons (Fsp3) is 0.955. The number of carboxylic acids is 1. The zero-order valence-corrected chi connectivity index (χ0v) is 21.5. The fourth-order valence-electron chi connectivity index (χ4n) is 3.20. The van der Waals surface area contributed by atoms with Gasteiger partial charge in [0, 0.05) is 6.61 Å². The molecular formula is C22H48NO7P. The van der Waals surface area contributed by atoms with Crippen molar-refractivity contribution in [2.45, 2.75) is 96.7 Å². The molecule has 0 rings (SSSR count). The van der Waals surface area contributed by atoms with E-state index in [0.717, 1.165) is 45.1 Å². The zero-order valence-electron chi connectivity index (χ0n) is 20.6. The van der Waals surface area contributed by atoms with Gasteiger partial charge in [-0.2, -0.15) is 0 Å². The number of quaternary nitrogens is 1. The van der Waals surface area contributed by atoms with Crippen LogP contribution in [0.25, 0.3) is 0 Å². The van der Waals surface area contributed by atoms with Crippen molar-refractivity contribution in [2.24, 2.45) is 0 Å². The van der Waals surface area contributed by atoms with Gasteiger partial charge < -0.3 is 33.7 Å². The summed E-state index contributed by atoms with van der Waals surface area (Å²) in [5, 5.41) is 9.01. The van der Waals surface area contributed by atoms with Crippen LogP contribution in [0, 0.1) is 0 Å². The third-order valence-corrected chi connectivity index (χ3v) is 5.64. The molecule has 0 radical (unpaired) electrons. The van der Waals surface area contributed by atoms with Crippen LogP contribution in [0.2, 0.25) is 0 Å². The number of carboxylic acid groups (broad SMARTS) is 1. The lowest BCUT2D eigenvalue weighted by Gasteiger charge is -2.29. The highest BCUT2D eigenvalue weighted by molar-refractivity contribution is 7.40. The number of nitrogens with zero attached hydrogens (tertiary/aromatic N) is 1. The van der Waals surface area contributed by atoms with Gasteiger partial charge >= 0.3 is 14.6 Å². The summed E-state index contributed by atoms with van der Waals surface area (Å²) >= 11 is 0. The summed E-state index contributed by atoms with van der Waals surface area (Å²) in [5.74, 6) is -0.940. The number of carbonyl (C=O) groups is 1. The number of rotatable bonds is 20. The topological polar surface area (TPSA) is 115 Å². The summed E-state index contributed by atoms with van der Waals surface area (Å²) in [5.41, 5.74) is -0.0221. The summed E-state index contributed by atoms with van der Waals surface area (Å²) in [4.78, 5) is 20.9. The Hall–Kier alpha value is -0.340. The van der Waals surface area contributed by atoms with Gasteiger partial charge in [0.1, 0.15) is 12.6 Å². The van der Waals surface area contributed by atoms with Crippen LogP contribution in [0.3, 0.4) is 0 Å². The Bertz CT molecular complexity index is 444. The van der Waals surface area contributed by atoms with Crippen molar-refractivity contribution in [2.75, 3.05) is 40.9 Å². The Morgan fingerprint density at radius 2 is 1.58 bits per heavy atom. The molecule has 0 spiro atoms. The molecule has 0 saturated heterocycles. The molecule has 0 amide bonds. The minimum atomic E-state index is -2.05. The molecule has 0 aliphatic carbocycles. The van der Waals surface area contributed by atoms with E-state index in [1.165, 1.54) is 19.3 Å². The third-order valence-electron chi connectivity index (χ3n) is 4.76. The first-order chi connectivity index (χ1) is 13.9. The van der Waals surface area contributed by atoms with E-state index in [1.54, 1.807) is 0 Å². The lowest BCUT2D eigenvalue weighted by atomic mass is 10.0. The first-order valence-corrected chi connectivity index (χ1v) is 12.5. The van der Waals surface area contributed by atoms with Crippen molar-refractivity contribution in [1.82, 2.24) is 0 Å². The van der Waals surface area contributed by atoms with E-state index in [0.29, 0.717) is 17.6 Å². The number of aliphatic carboxylic acids is 1. The molecule has 1 unspecified atom stereocenters. The van der Waals surface area contributed by atoms with E-state index < -0.39 is 20.7 Å². The summed E-state index contributed by atoms with van der Waals surface area (Å²) in [6.07, 6.45) is 9.33. The normalized spacial score (nSPS) is 14.2. The lowest BCUT2D eigenvalue weighted by Crippen LogP contribution is -2.42. The van der Waals surface area contributed by atoms with Crippen molar-refractivity contribution in [3.05, 3.63) is 0 Å². The molecule has 0 saturated carbocycles. The standard InChI is InChI=1S/C22H46NO6P.H2O/c1-7-8-12-15-22(2,3)27-16-13-10-9-11-14-17-28-30(26)29-20(18-21(24)25)19-23(4,5)6;/h20,26H,7-19H2,1-6H3;1H2/t20?,30-;/m0./s1. The second-order valence-corrected chi connectivity index (χ2v) is 10.6. The van der Waals surface area contributed by atoms with Crippen LogP contribution in [-0.2, 0) is 18.6 Å². The monoisotopic (exact) mass is 469 g/mol. The highest BCUT2D eigenvalue weighted by Gasteiger charge is 2.25. The molecule has 9 heteroatoms. The smallest absolute Gasteiger partial charge is 0.330 e. The third kappa shape index (κ3) is 22.6. The SMILES string of the molecule is CCCCCC(C)(C)OCCCCCCCO[P@](O)OC(CC(=O)O)C[N+](C)(C)C.[OH-]. The fourth-order valence-corrected chi connectivity index (χ4v) is 3.94. The lowest BCUT2D eigenvalue weighted by molar-refractivity contribution is -0.873. The van der Waals surface area contributed by atoms with Gasteiger partial charge in [0.15, 0.2) is 0 Å². The van der Waals surface area contributed by atoms with Crippen LogP contribution in [0.4, 0.5) is 0 Å². The molecular weight excluding hydrogens is 421 g/mol. The van der Waals surface area contributed by atoms with Gasteiger partial charge in [-0.1, -0.05) is 45.4 Å². The van der Waals surface area contributed by atoms with E-state index in [1.807, 2.05) is 21.1 Å². The van der Waals surface area contributed by atoms with Gasteiger partial charge in [-0.15, -0.1) is 0 Å². The Balaban J connectivity index is 0. The van der Waals surface area contributed by atoms with E-state index >= 15 is 0 Å². The van der Waals surface area contributed by atoms with Crippen molar-refractivity contribution in [3.63, 3.8) is 0 Å². The predicted molar refractivity (Wildman–Crippen MR) is 124 cm³/mol. The highest BCUT2D eigenvalue weighted by atomic mass is 31.2. The molecule has 31 heavy (non-hydrogen) atoms. The molecule has 0 bridgehead atoms. The van der Waals surface area contributed by atoms with Crippen LogP contribution < -0.4 is 0 Å². The second-order valence-electron chi connectivity index (χ2n) is 9.70. The maximum atomic E-state index is 11.0. The number of hydrogen-bond acceptors (Lipinski definition) is 6. The summed E-state index contributed by atoms with van der Waals surface area (Å²) in [7, 11) is 3.82. The average Bonchev–Trinajstić information content (AvgIpc) is 2.58. The summed E-state index contributed by atoms with van der Waals surface area (Å²) in [6, 6.07) is 0. The Kier molecular flexibility index (Phi) is 19.2. The van der Waals surface area contributed by atoms with Crippen molar-refractivity contribution in [1.29, 1.82) is 0 Å². The zero-order chi connectivity index (χ0) is 23.0. The van der Waals surface area contributed by atoms with Gasteiger partial charge in [-0.3, -0.25) is 4.79 Å². The minimum Gasteiger partial charge on any atom is -0.870 e. The van der Waals surface area contributed by atoms with Gasteiger partial charge in [-0.05, 0) is 33.1 Å². The van der Waals surface area contributed by atoms with Crippen LogP contribution >= 0.6 is 8.60 Å². The number of hydrogen-bond donors (Lipinski definition) is 2. The Morgan fingerprint density at radius 3 is 2.13 bits per heavy atom. The van der Waals surface area contributed by atoms with Gasteiger partial charge in [0.2, 0.25) is 0 Å². The quantitative estimate of drug-likeness (QED) is 0.147. The minimum absolute atomic E-state index is 0. The van der Waals surface area contributed by atoms with Crippen molar-refractivity contribution in [3.8, 4) is 0 Å². The van der Waals surface area contributed by atoms with E-state index in [9.17, 15) is 9.69 Å². The maximum Gasteiger partial charge on any atom is 0.330 e. The first kappa shape index (κ1) is 32.8. The molecule has 0 aliphatic rings. The summed E-state index contributed by atoms with van der Waals surface area (Å²) in [6.45, 7) is 8.30. The molecule has 0 aromatic heterocycles. The second kappa shape index (κ2) is 18.1. The molecule has 2 atom stereocenters. The average molecular weight is 470 g/mol. The van der Waals surface area contributed by atoms with E-state index in [-0.39, 0.29) is 17.5 Å². The van der Waals surface area contributed by atoms with Crippen LogP contribution in [0.5, 0.6) is 0 Å². The number of likely N-dealkylation sites (N-methyl/N-ethyl adjacent to an activating group) is 1. The molecule has 0 aromatic rings. The number of ether oxygens (including phenoxy) is 1. The first-order valence-electron chi connectivity index (χ1n) is 11.4. The van der Waals surface area contributed by atoms with Gasteiger partial charge in [-0.25, -0.2) is 0 Å². The molecule has 0 aromatic carbocycles. The van der Waals surface area contributed by atoms with Crippen molar-refractivity contribution < 1.29 is 38.5 Å². The molecule has 0 heterocycles. The maximum absolute atomic E-state index is 11.0. The van der Waals surface area contributed by atoms with E-state index in [4.69, 9.17) is 18.9 Å². The molecule has 0 aliphatic heterocycles. The molecule has 0 fully saturated rings. The number of unbranched alkanes of at least 4 members (excludes halogenated alkanes) is 6. The molecule has 8 nitrogen and oxygen atoms in total. The Morgan fingerprint density at radius 1 is 1.00 bits per heavy atom. The van der Waals surface area contributed by atoms with Gasteiger partial charge in [0.05, 0.1) is 39.8 Å². The van der Waals surface area contributed by atoms with Gasteiger partial charge in [0.25, 0.3) is 0 Å². The van der Waals surface area contributed by atoms with Crippen LogP contribution in [0.15, 0.2) is 0 Å². The van der Waals surface area contributed by atoms with Crippen LogP contribution in [-0.4, -0.2) is 78.5 Å². The van der Waals surface area contributed by atoms with E-state index in [2.05, 4.69) is 20.8 Å². The summed E-state index contributed by atoms with van der Waals surface area (Å²) < 4.78 is 17.4. The Labute approximate surface area is 191 Å². The predicted octanol–water partition coefficient (Wildman–Crippen LogP) is 4.94. The largest absolute Gasteiger partial charge is 0.870 e. The highest BCUT2D eigenvalue weighted by Crippen LogP contribution is 2.36. The molecule has 188 valence electrons.